The second-order valence-corrected chi connectivity index (χ2v) is 8.73. The summed E-state index contributed by atoms with van der Waals surface area (Å²) in [5, 5.41) is 18.3. The molecular formula is C26H32N8O3. The minimum Gasteiger partial charge on any atom is -0.497 e. The van der Waals surface area contributed by atoms with Crippen LogP contribution >= 0.6 is 0 Å². The van der Waals surface area contributed by atoms with Crippen LogP contribution in [0.4, 0.5) is 11.6 Å². The molecule has 194 valence electrons. The Morgan fingerprint density at radius 2 is 2.03 bits per heavy atom. The Morgan fingerprint density at radius 1 is 1.24 bits per heavy atom. The van der Waals surface area contributed by atoms with E-state index in [1.54, 1.807) is 24.2 Å². The van der Waals surface area contributed by atoms with Crippen LogP contribution in [0.1, 0.15) is 47.7 Å². The number of rotatable bonds is 8. The molecule has 0 amide bonds. The van der Waals surface area contributed by atoms with Crippen molar-refractivity contribution in [2.24, 2.45) is 10.2 Å². The summed E-state index contributed by atoms with van der Waals surface area (Å²) in [4.78, 5) is 24.9. The number of hydrogen-bond donors (Lipinski definition) is 2. The number of nitrogens with one attached hydrogen (secondary N) is 2. The van der Waals surface area contributed by atoms with Gasteiger partial charge in [0.15, 0.2) is 12.1 Å². The first kappa shape index (κ1) is 26.0. The standard InChI is InChI=1S/C16H22N4O.C10H10N4O2/c1-17-16-11-15(12-7-9-18-10-8-12)19-20(16)13-3-5-14(21-2)6-4-13;15-7-9-5-12-14-6-8(2-4-13-16)1-3-11-10(9)14/h3-6,11-12,17-18H,7-10H2,1-2H3;3,5-7H,1-2,4H2. The minimum atomic E-state index is 0.247. The van der Waals surface area contributed by atoms with E-state index in [4.69, 9.17) is 9.84 Å². The summed E-state index contributed by atoms with van der Waals surface area (Å²) >= 11 is 0. The maximum absolute atomic E-state index is 10.7. The van der Waals surface area contributed by atoms with Gasteiger partial charge in [-0.1, -0.05) is 5.18 Å². The number of carbonyl (C=O) groups is 1. The average molecular weight is 505 g/mol. The van der Waals surface area contributed by atoms with Crippen LogP contribution in [0.2, 0.25) is 0 Å². The van der Waals surface area contributed by atoms with Crippen LogP contribution < -0.4 is 15.4 Å². The van der Waals surface area contributed by atoms with E-state index in [-0.39, 0.29) is 6.54 Å². The predicted molar refractivity (Wildman–Crippen MR) is 144 cm³/mol. The smallest absolute Gasteiger partial charge is 0.165 e. The van der Waals surface area contributed by atoms with E-state index in [2.05, 4.69) is 32.0 Å². The molecule has 3 aromatic rings. The lowest BCUT2D eigenvalue weighted by atomic mass is 9.95. The highest BCUT2D eigenvalue weighted by Gasteiger charge is 2.20. The van der Waals surface area contributed by atoms with Gasteiger partial charge < -0.3 is 15.4 Å². The molecule has 0 aliphatic carbocycles. The lowest BCUT2D eigenvalue weighted by Gasteiger charge is -2.20. The molecule has 0 saturated carbocycles. The van der Waals surface area contributed by atoms with Gasteiger partial charge in [0.05, 0.1) is 36.8 Å². The normalized spacial score (nSPS) is 15.0. The van der Waals surface area contributed by atoms with E-state index in [0.717, 1.165) is 55.0 Å². The second-order valence-electron chi connectivity index (χ2n) is 8.73. The van der Waals surface area contributed by atoms with Crippen LogP contribution in [-0.4, -0.2) is 65.9 Å². The average Bonchev–Trinajstić information content (AvgIpc) is 3.50. The van der Waals surface area contributed by atoms with Gasteiger partial charge >= 0.3 is 0 Å². The Balaban J connectivity index is 0.000000180. The maximum Gasteiger partial charge on any atom is 0.165 e. The molecule has 37 heavy (non-hydrogen) atoms. The number of hydrogen-bond acceptors (Lipinski definition) is 9. The largest absolute Gasteiger partial charge is 0.497 e. The molecule has 0 radical (unpaired) electrons. The molecule has 2 aliphatic rings. The Bertz CT molecular complexity index is 1250. The van der Waals surface area contributed by atoms with E-state index in [0.29, 0.717) is 30.1 Å². The number of ether oxygens (including phenoxy) is 1. The van der Waals surface area contributed by atoms with E-state index in [9.17, 15) is 9.70 Å². The Labute approximate surface area is 215 Å². The number of piperidine rings is 1. The number of nitroso groups, excluding NO2 is 1. The molecule has 0 bridgehead atoms. The fourth-order valence-electron chi connectivity index (χ4n) is 4.33. The predicted octanol–water partition coefficient (Wildman–Crippen LogP) is 4.19. The molecule has 2 aromatic heterocycles. The number of methoxy groups -OCH3 is 1. The second kappa shape index (κ2) is 12.7. The summed E-state index contributed by atoms with van der Waals surface area (Å²) in [7, 11) is 3.61. The maximum atomic E-state index is 10.7. The summed E-state index contributed by atoms with van der Waals surface area (Å²) < 4.78 is 8.73. The van der Waals surface area contributed by atoms with Gasteiger partial charge in [-0.2, -0.15) is 15.1 Å². The van der Waals surface area contributed by atoms with Gasteiger partial charge in [0.2, 0.25) is 0 Å². The van der Waals surface area contributed by atoms with Gasteiger partial charge in [0.25, 0.3) is 0 Å². The summed E-state index contributed by atoms with van der Waals surface area (Å²) in [5.74, 6) is 2.96. The van der Waals surface area contributed by atoms with Crippen LogP contribution in [-0.2, 0) is 0 Å². The van der Waals surface area contributed by atoms with Crippen LogP contribution in [0.25, 0.3) is 11.9 Å². The molecule has 11 nitrogen and oxygen atoms in total. The molecular weight excluding hydrogens is 472 g/mol. The molecule has 1 fully saturated rings. The molecule has 2 N–H and O–H groups in total. The van der Waals surface area contributed by atoms with Crippen molar-refractivity contribution in [3.8, 4) is 11.4 Å². The van der Waals surface area contributed by atoms with Crippen molar-refractivity contribution in [1.82, 2.24) is 24.9 Å². The number of benzene rings is 1. The van der Waals surface area contributed by atoms with Gasteiger partial charge in [-0.15, -0.1) is 0 Å². The van der Waals surface area contributed by atoms with Crippen LogP contribution in [0.5, 0.6) is 5.75 Å². The highest BCUT2D eigenvalue weighted by molar-refractivity contribution is 5.84. The first-order valence-electron chi connectivity index (χ1n) is 12.3. The van der Waals surface area contributed by atoms with Gasteiger partial charge in [-0.3, -0.25) is 4.79 Å². The monoisotopic (exact) mass is 504 g/mol. The van der Waals surface area contributed by atoms with E-state index in [1.807, 2.05) is 36.0 Å². The highest BCUT2D eigenvalue weighted by atomic mass is 16.5. The highest BCUT2D eigenvalue weighted by Crippen LogP contribution is 2.28. The van der Waals surface area contributed by atoms with E-state index < -0.39 is 0 Å². The molecule has 1 aromatic carbocycles. The van der Waals surface area contributed by atoms with Crippen molar-refractivity contribution in [3.63, 3.8) is 0 Å². The van der Waals surface area contributed by atoms with Crippen molar-refractivity contribution in [3.05, 3.63) is 58.3 Å². The zero-order chi connectivity index (χ0) is 26.0. The summed E-state index contributed by atoms with van der Waals surface area (Å²) in [6.45, 7) is 2.40. The number of aldehydes is 1. The molecule has 0 spiro atoms. The molecule has 2 aliphatic heterocycles. The molecule has 11 heteroatoms. The van der Waals surface area contributed by atoms with Gasteiger partial charge in [0, 0.05) is 37.9 Å². The first-order chi connectivity index (χ1) is 18.2. The lowest BCUT2D eigenvalue weighted by molar-refractivity contribution is 0.112. The molecule has 1 saturated heterocycles. The topological polar surface area (TPSA) is 128 Å². The zero-order valence-corrected chi connectivity index (χ0v) is 21.1. The molecule has 0 atom stereocenters. The van der Waals surface area contributed by atoms with Gasteiger partial charge in [-0.05, 0) is 62.2 Å². The summed E-state index contributed by atoms with van der Waals surface area (Å²) in [5.41, 5.74) is 3.70. The van der Waals surface area contributed by atoms with Crippen molar-refractivity contribution >= 4 is 30.3 Å². The number of aliphatic imine (C=N–C) groups is 1. The van der Waals surface area contributed by atoms with E-state index >= 15 is 0 Å². The lowest BCUT2D eigenvalue weighted by Crippen LogP contribution is -2.26. The number of nitrogens with zero attached hydrogens (tertiary/aromatic N) is 6. The minimum absolute atomic E-state index is 0.247. The molecule has 4 heterocycles. The number of anilines is 1. The molecule has 5 rings (SSSR count). The summed E-state index contributed by atoms with van der Waals surface area (Å²) in [6.07, 6.45) is 9.25. The third kappa shape index (κ3) is 6.36. The van der Waals surface area contributed by atoms with Gasteiger partial charge in [0.1, 0.15) is 11.6 Å². The number of carbonyl (C=O) groups excluding carboxylic acids is 1. The van der Waals surface area contributed by atoms with Crippen molar-refractivity contribution < 1.29 is 9.53 Å². The van der Waals surface area contributed by atoms with Gasteiger partial charge in [-0.25, -0.2) is 14.4 Å². The third-order valence-corrected chi connectivity index (χ3v) is 6.38. The first-order valence-corrected chi connectivity index (χ1v) is 12.3. The quantitative estimate of drug-likeness (QED) is 0.348. The van der Waals surface area contributed by atoms with E-state index in [1.165, 1.54) is 11.9 Å². The Hall–Kier alpha value is -4.12. The molecule has 0 unspecified atom stereocenters. The number of aromatic nitrogens is 4. The fraction of sp³-hybridized carbons (Fsp3) is 0.385. The van der Waals surface area contributed by atoms with Crippen LogP contribution in [0.15, 0.2) is 52.3 Å². The van der Waals surface area contributed by atoms with Crippen LogP contribution in [0, 0.1) is 4.91 Å². The fourth-order valence-corrected chi connectivity index (χ4v) is 4.33. The van der Waals surface area contributed by atoms with Crippen LogP contribution in [0.3, 0.4) is 0 Å². The Kier molecular flexibility index (Phi) is 8.93. The van der Waals surface area contributed by atoms with Crippen molar-refractivity contribution in [1.29, 1.82) is 0 Å². The Morgan fingerprint density at radius 3 is 2.70 bits per heavy atom. The SMILES string of the molecule is CNc1cc(C2CCNCC2)nn1-c1ccc(OC)cc1.O=Cc1cnn2c1N=CCC(CCN=O)=C2. The van der Waals surface area contributed by atoms with Crippen molar-refractivity contribution in [2.75, 3.05) is 39.1 Å². The zero-order valence-electron chi connectivity index (χ0n) is 21.1. The summed E-state index contributed by atoms with van der Waals surface area (Å²) in [6, 6.07) is 10.1. The number of fused-ring (bicyclic) bond motifs is 1. The van der Waals surface area contributed by atoms with Crippen molar-refractivity contribution in [2.45, 2.75) is 31.6 Å². The third-order valence-electron chi connectivity index (χ3n) is 6.38.